The van der Waals surface area contributed by atoms with Gasteiger partial charge in [0.15, 0.2) is 11.5 Å². The first-order valence-corrected chi connectivity index (χ1v) is 10.9. The molecule has 1 heterocycles. The molecule has 3 aromatic rings. The monoisotopic (exact) mass is 465 g/mol. The SMILES string of the molecule is Cc1cc(C)c(NC(=NCc2ccc3c(c2)OCO3)Nc2c(C)cc(C)cc2C)c(C)c1.Cl. The summed E-state index contributed by atoms with van der Waals surface area (Å²) in [5.41, 5.74) is 10.5. The quantitative estimate of drug-likeness (QED) is 0.330. The van der Waals surface area contributed by atoms with Crippen LogP contribution in [0, 0.1) is 41.5 Å². The number of rotatable bonds is 4. The summed E-state index contributed by atoms with van der Waals surface area (Å²) in [5.74, 6) is 2.27. The molecular formula is C27H32ClN3O2. The summed E-state index contributed by atoms with van der Waals surface area (Å²) in [7, 11) is 0. The summed E-state index contributed by atoms with van der Waals surface area (Å²) in [6, 6.07) is 14.7. The zero-order chi connectivity index (χ0) is 22.8. The second-order valence-corrected chi connectivity index (χ2v) is 8.65. The van der Waals surface area contributed by atoms with Crippen LogP contribution >= 0.6 is 12.4 Å². The van der Waals surface area contributed by atoms with E-state index >= 15 is 0 Å². The maximum absolute atomic E-state index is 5.52. The first-order valence-electron chi connectivity index (χ1n) is 10.9. The molecule has 0 unspecified atom stereocenters. The van der Waals surface area contributed by atoms with Crippen LogP contribution in [0.25, 0.3) is 0 Å². The van der Waals surface area contributed by atoms with Gasteiger partial charge in [-0.25, -0.2) is 4.99 Å². The molecule has 0 aliphatic carbocycles. The minimum absolute atomic E-state index is 0. The number of fused-ring (bicyclic) bond motifs is 1. The van der Waals surface area contributed by atoms with Gasteiger partial charge in [-0.05, 0) is 81.5 Å². The molecule has 1 aliphatic rings. The van der Waals surface area contributed by atoms with E-state index in [1.165, 1.54) is 33.4 Å². The van der Waals surface area contributed by atoms with E-state index in [1.807, 2.05) is 18.2 Å². The molecule has 0 amide bonds. The smallest absolute Gasteiger partial charge is 0.231 e. The van der Waals surface area contributed by atoms with Crippen LogP contribution in [0.15, 0.2) is 47.5 Å². The Bertz CT molecular complexity index is 1100. The summed E-state index contributed by atoms with van der Waals surface area (Å²) in [6.07, 6.45) is 0. The normalized spacial score (nSPS) is 11.6. The van der Waals surface area contributed by atoms with Crippen molar-refractivity contribution in [3.8, 4) is 11.5 Å². The molecule has 2 N–H and O–H groups in total. The number of hydrogen-bond donors (Lipinski definition) is 2. The van der Waals surface area contributed by atoms with Crippen LogP contribution in [0.2, 0.25) is 0 Å². The van der Waals surface area contributed by atoms with Gasteiger partial charge >= 0.3 is 0 Å². The van der Waals surface area contributed by atoms with E-state index in [9.17, 15) is 0 Å². The lowest BCUT2D eigenvalue weighted by molar-refractivity contribution is 0.174. The lowest BCUT2D eigenvalue weighted by Crippen LogP contribution is -2.24. The molecule has 0 atom stereocenters. The number of aliphatic imine (C=N–C) groups is 1. The average molecular weight is 466 g/mol. The number of halogens is 1. The highest BCUT2D eigenvalue weighted by atomic mass is 35.5. The Balaban J connectivity index is 0.00000306. The molecule has 33 heavy (non-hydrogen) atoms. The van der Waals surface area contributed by atoms with Crippen LogP contribution in [0.4, 0.5) is 11.4 Å². The lowest BCUT2D eigenvalue weighted by atomic mass is 10.0. The average Bonchev–Trinajstić information content (AvgIpc) is 3.18. The van der Waals surface area contributed by atoms with Gasteiger partial charge in [0.25, 0.3) is 0 Å². The maximum atomic E-state index is 5.52. The Morgan fingerprint density at radius 3 is 1.73 bits per heavy atom. The number of nitrogens with zero attached hydrogens (tertiary/aromatic N) is 1. The molecule has 0 aromatic heterocycles. The van der Waals surface area contributed by atoms with E-state index < -0.39 is 0 Å². The molecule has 0 spiro atoms. The molecule has 0 fully saturated rings. The van der Waals surface area contributed by atoms with E-state index in [4.69, 9.17) is 14.5 Å². The van der Waals surface area contributed by atoms with Crippen molar-refractivity contribution in [2.75, 3.05) is 17.4 Å². The fourth-order valence-corrected chi connectivity index (χ4v) is 4.31. The number of hydrogen-bond acceptors (Lipinski definition) is 3. The van der Waals surface area contributed by atoms with Gasteiger partial charge in [0, 0.05) is 11.4 Å². The molecule has 0 bridgehead atoms. The molecule has 3 aromatic carbocycles. The standard InChI is InChI=1S/C27H31N3O2.ClH/c1-16-9-18(3)25(19(4)10-16)29-27(30-26-20(5)11-17(2)12-21(26)6)28-14-22-7-8-23-24(13-22)32-15-31-23;/h7-13H,14-15H2,1-6H3,(H2,28,29,30);1H. The van der Waals surface area contributed by atoms with Crippen molar-refractivity contribution in [2.45, 2.75) is 48.1 Å². The molecule has 5 nitrogen and oxygen atoms in total. The minimum Gasteiger partial charge on any atom is -0.454 e. The third kappa shape index (κ3) is 5.60. The van der Waals surface area contributed by atoms with Crippen LogP contribution < -0.4 is 20.1 Å². The van der Waals surface area contributed by atoms with Crippen LogP contribution in [0.3, 0.4) is 0 Å². The molecule has 1 aliphatic heterocycles. The van der Waals surface area contributed by atoms with Crippen LogP contribution in [-0.2, 0) is 6.54 Å². The summed E-state index contributed by atoms with van der Waals surface area (Å²) in [6.45, 7) is 13.5. The van der Waals surface area contributed by atoms with Gasteiger partial charge in [-0.15, -0.1) is 12.4 Å². The fourth-order valence-electron chi connectivity index (χ4n) is 4.31. The van der Waals surface area contributed by atoms with E-state index in [2.05, 4.69) is 76.4 Å². The Hall–Kier alpha value is -3.18. The number of aryl methyl sites for hydroxylation is 6. The zero-order valence-corrected chi connectivity index (χ0v) is 20.9. The van der Waals surface area contributed by atoms with E-state index in [0.717, 1.165) is 28.4 Å². The Morgan fingerprint density at radius 2 is 1.21 bits per heavy atom. The molecule has 0 saturated heterocycles. The molecule has 174 valence electrons. The predicted molar refractivity (Wildman–Crippen MR) is 140 cm³/mol. The number of nitrogens with one attached hydrogen (secondary N) is 2. The molecule has 0 saturated carbocycles. The van der Waals surface area contributed by atoms with Gasteiger partial charge in [-0.1, -0.05) is 41.5 Å². The summed E-state index contributed by atoms with van der Waals surface area (Å²) in [5, 5.41) is 7.13. The van der Waals surface area contributed by atoms with Crippen LogP contribution in [0.1, 0.15) is 38.9 Å². The predicted octanol–water partition coefficient (Wildman–Crippen LogP) is 6.77. The molecule has 6 heteroatoms. The topological polar surface area (TPSA) is 54.9 Å². The minimum atomic E-state index is 0. The maximum Gasteiger partial charge on any atom is 0.231 e. The molecule has 0 radical (unpaired) electrons. The first kappa shape index (κ1) is 24.5. The Labute approximate surface area is 202 Å². The number of anilines is 2. The van der Waals surface area contributed by atoms with Gasteiger partial charge in [0.1, 0.15) is 0 Å². The highest BCUT2D eigenvalue weighted by Gasteiger charge is 2.14. The fraction of sp³-hybridized carbons (Fsp3) is 0.296. The van der Waals surface area contributed by atoms with Gasteiger partial charge in [0.05, 0.1) is 6.54 Å². The summed E-state index contributed by atoms with van der Waals surface area (Å²) >= 11 is 0. The van der Waals surface area contributed by atoms with E-state index in [-0.39, 0.29) is 19.2 Å². The summed E-state index contributed by atoms with van der Waals surface area (Å²) in [4.78, 5) is 4.92. The number of benzene rings is 3. The third-order valence-electron chi connectivity index (χ3n) is 5.70. The van der Waals surface area contributed by atoms with Crippen molar-refractivity contribution in [1.82, 2.24) is 0 Å². The highest BCUT2D eigenvalue weighted by molar-refractivity contribution is 6.05. The number of ether oxygens (including phenoxy) is 2. The Morgan fingerprint density at radius 1 is 0.727 bits per heavy atom. The van der Waals surface area contributed by atoms with E-state index in [0.29, 0.717) is 12.5 Å². The third-order valence-corrected chi connectivity index (χ3v) is 5.70. The van der Waals surface area contributed by atoms with Gasteiger partial charge in [0.2, 0.25) is 12.8 Å². The second-order valence-electron chi connectivity index (χ2n) is 8.65. The van der Waals surface area contributed by atoms with Gasteiger partial charge in [-0.3, -0.25) is 0 Å². The Kier molecular flexibility index (Phi) is 7.54. The molecular weight excluding hydrogens is 434 g/mol. The lowest BCUT2D eigenvalue weighted by Gasteiger charge is -2.19. The van der Waals surface area contributed by atoms with Gasteiger partial charge in [-0.2, -0.15) is 0 Å². The summed E-state index contributed by atoms with van der Waals surface area (Å²) < 4.78 is 10.9. The number of guanidine groups is 1. The molecule has 4 rings (SSSR count). The van der Waals surface area contributed by atoms with Crippen LogP contribution in [0.5, 0.6) is 11.5 Å². The van der Waals surface area contributed by atoms with Gasteiger partial charge < -0.3 is 20.1 Å². The van der Waals surface area contributed by atoms with Crippen molar-refractivity contribution < 1.29 is 9.47 Å². The largest absolute Gasteiger partial charge is 0.454 e. The zero-order valence-electron chi connectivity index (χ0n) is 20.1. The van der Waals surface area contributed by atoms with Crippen molar-refractivity contribution in [3.63, 3.8) is 0 Å². The second kappa shape index (κ2) is 10.2. The van der Waals surface area contributed by atoms with Crippen molar-refractivity contribution in [2.24, 2.45) is 4.99 Å². The van der Waals surface area contributed by atoms with Crippen molar-refractivity contribution >= 4 is 29.7 Å². The first-order chi connectivity index (χ1) is 15.3. The highest BCUT2D eigenvalue weighted by Crippen LogP contribution is 2.33. The van der Waals surface area contributed by atoms with E-state index in [1.54, 1.807) is 0 Å². The van der Waals surface area contributed by atoms with Crippen molar-refractivity contribution in [3.05, 3.63) is 81.4 Å². The van der Waals surface area contributed by atoms with Crippen LogP contribution in [-0.4, -0.2) is 12.8 Å². The van der Waals surface area contributed by atoms with Crippen molar-refractivity contribution in [1.29, 1.82) is 0 Å².